The second kappa shape index (κ2) is 6.07. The van der Waals surface area contributed by atoms with Gasteiger partial charge in [0.25, 0.3) is 0 Å². The first-order chi connectivity index (χ1) is 8.83. The Balaban J connectivity index is 2.33. The fraction of sp³-hybridized carbons (Fsp3) is 0.529. The SMILES string of the molecule is CC#CCC(NC)C1(c2ccccc2)CCCC1. The van der Waals surface area contributed by atoms with Crippen LogP contribution in [-0.4, -0.2) is 13.1 Å². The Labute approximate surface area is 111 Å². The average Bonchev–Trinajstić information content (AvgIpc) is 2.91. The van der Waals surface area contributed by atoms with Crippen molar-refractivity contribution in [2.24, 2.45) is 0 Å². The van der Waals surface area contributed by atoms with Gasteiger partial charge in [-0.15, -0.1) is 11.8 Å². The molecule has 1 nitrogen and oxygen atoms in total. The number of benzene rings is 1. The van der Waals surface area contributed by atoms with Crippen LogP contribution in [0.1, 0.15) is 44.6 Å². The topological polar surface area (TPSA) is 12.0 Å². The number of hydrogen-bond acceptors (Lipinski definition) is 1. The molecule has 0 amide bonds. The molecule has 1 aliphatic carbocycles. The first kappa shape index (κ1) is 13.2. The number of likely N-dealkylation sites (N-methyl/N-ethyl adjacent to an activating group) is 1. The Hall–Kier alpha value is -1.26. The molecule has 1 fully saturated rings. The zero-order chi connectivity index (χ0) is 12.8. The minimum Gasteiger partial charge on any atom is -0.315 e. The van der Waals surface area contributed by atoms with Crippen LogP contribution in [0.3, 0.4) is 0 Å². The van der Waals surface area contributed by atoms with Crippen molar-refractivity contribution in [3.63, 3.8) is 0 Å². The molecule has 1 unspecified atom stereocenters. The summed E-state index contributed by atoms with van der Waals surface area (Å²) in [5, 5.41) is 3.52. The molecule has 0 spiro atoms. The van der Waals surface area contributed by atoms with Gasteiger partial charge in [-0.25, -0.2) is 0 Å². The molecule has 0 aliphatic heterocycles. The first-order valence-electron chi connectivity index (χ1n) is 6.96. The smallest absolute Gasteiger partial charge is 0.0270 e. The van der Waals surface area contributed by atoms with Crippen molar-refractivity contribution in [2.75, 3.05) is 7.05 Å². The fourth-order valence-corrected chi connectivity index (χ4v) is 3.39. The van der Waals surface area contributed by atoms with Gasteiger partial charge < -0.3 is 5.32 Å². The van der Waals surface area contributed by atoms with E-state index < -0.39 is 0 Å². The second-order valence-electron chi connectivity index (χ2n) is 5.20. The van der Waals surface area contributed by atoms with Crippen LogP contribution in [0.2, 0.25) is 0 Å². The van der Waals surface area contributed by atoms with Crippen LogP contribution < -0.4 is 5.32 Å². The number of hydrogen-bond donors (Lipinski definition) is 1. The van der Waals surface area contributed by atoms with Gasteiger partial charge in [0.2, 0.25) is 0 Å². The standard InChI is InChI=1S/C17H23N/c1-3-4-12-16(18-2)17(13-8-9-14-17)15-10-6-5-7-11-15/h5-7,10-11,16,18H,8-9,12-14H2,1-2H3. The maximum absolute atomic E-state index is 3.52. The molecule has 0 saturated heterocycles. The second-order valence-corrected chi connectivity index (χ2v) is 5.20. The molecule has 0 aromatic heterocycles. The molecule has 0 heterocycles. The van der Waals surface area contributed by atoms with Gasteiger partial charge in [0.15, 0.2) is 0 Å². The summed E-state index contributed by atoms with van der Waals surface area (Å²) in [6.45, 7) is 1.93. The molecule has 1 heteroatoms. The lowest BCUT2D eigenvalue weighted by molar-refractivity contribution is 0.313. The monoisotopic (exact) mass is 241 g/mol. The largest absolute Gasteiger partial charge is 0.315 e. The van der Waals surface area contributed by atoms with E-state index in [1.165, 1.54) is 31.2 Å². The van der Waals surface area contributed by atoms with Crippen LogP contribution in [0.25, 0.3) is 0 Å². The van der Waals surface area contributed by atoms with Gasteiger partial charge in [0.05, 0.1) is 0 Å². The number of nitrogens with one attached hydrogen (secondary N) is 1. The van der Waals surface area contributed by atoms with Gasteiger partial charge in [-0.2, -0.15) is 0 Å². The summed E-state index contributed by atoms with van der Waals surface area (Å²) in [7, 11) is 2.07. The Morgan fingerprint density at radius 3 is 2.44 bits per heavy atom. The third-order valence-corrected chi connectivity index (χ3v) is 4.34. The van der Waals surface area contributed by atoms with Crippen LogP contribution in [0.5, 0.6) is 0 Å². The lowest BCUT2D eigenvalue weighted by Gasteiger charge is -2.37. The maximum atomic E-state index is 3.52. The van der Waals surface area contributed by atoms with E-state index in [2.05, 4.69) is 54.5 Å². The van der Waals surface area contributed by atoms with Crippen molar-refractivity contribution in [3.05, 3.63) is 35.9 Å². The minimum absolute atomic E-state index is 0.292. The number of rotatable bonds is 4. The molecule has 0 radical (unpaired) electrons. The zero-order valence-corrected chi connectivity index (χ0v) is 11.5. The molecule has 2 rings (SSSR count). The van der Waals surface area contributed by atoms with Crippen molar-refractivity contribution < 1.29 is 0 Å². The third-order valence-electron chi connectivity index (χ3n) is 4.34. The predicted molar refractivity (Wildman–Crippen MR) is 77.5 cm³/mol. The summed E-state index contributed by atoms with van der Waals surface area (Å²) >= 11 is 0. The van der Waals surface area contributed by atoms with Gasteiger partial charge in [0, 0.05) is 17.9 Å². The lowest BCUT2D eigenvalue weighted by Crippen LogP contribution is -2.45. The summed E-state index contributed by atoms with van der Waals surface area (Å²) in [4.78, 5) is 0. The summed E-state index contributed by atoms with van der Waals surface area (Å²) in [6, 6.07) is 11.5. The van der Waals surface area contributed by atoms with E-state index in [4.69, 9.17) is 0 Å². The summed E-state index contributed by atoms with van der Waals surface area (Å²) < 4.78 is 0. The molecule has 18 heavy (non-hydrogen) atoms. The van der Waals surface area contributed by atoms with Crippen LogP contribution in [0.15, 0.2) is 30.3 Å². The van der Waals surface area contributed by atoms with Crippen molar-refractivity contribution >= 4 is 0 Å². The Morgan fingerprint density at radius 1 is 1.22 bits per heavy atom. The van der Waals surface area contributed by atoms with Gasteiger partial charge in [-0.1, -0.05) is 43.2 Å². The molecule has 0 bridgehead atoms. The van der Waals surface area contributed by atoms with E-state index in [1.807, 2.05) is 6.92 Å². The first-order valence-corrected chi connectivity index (χ1v) is 6.96. The highest BCUT2D eigenvalue weighted by Gasteiger charge is 2.41. The van der Waals surface area contributed by atoms with Gasteiger partial charge in [0.1, 0.15) is 0 Å². The van der Waals surface area contributed by atoms with E-state index >= 15 is 0 Å². The van der Waals surface area contributed by atoms with Crippen LogP contribution in [0, 0.1) is 11.8 Å². The van der Waals surface area contributed by atoms with E-state index in [9.17, 15) is 0 Å². The molecular weight excluding hydrogens is 218 g/mol. The van der Waals surface area contributed by atoms with Gasteiger partial charge in [-0.05, 0) is 32.4 Å². The molecule has 1 aliphatic rings. The molecule has 1 aromatic rings. The maximum Gasteiger partial charge on any atom is 0.0270 e. The normalized spacial score (nSPS) is 19.0. The summed E-state index contributed by atoms with van der Waals surface area (Å²) in [6.07, 6.45) is 6.20. The lowest BCUT2D eigenvalue weighted by atomic mass is 9.71. The Bertz CT molecular complexity index is 418. The van der Waals surface area contributed by atoms with Crippen molar-refractivity contribution in [2.45, 2.75) is 50.5 Å². The highest BCUT2D eigenvalue weighted by molar-refractivity contribution is 5.30. The summed E-state index contributed by atoms with van der Waals surface area (Å²) in [5.74, 6) is 6.29. The van der Waals surface area contributed by atoms with Crippen LogP contribution in [-0.2, 0) is 5.41 Å². The highest BCUT2D eigenvalue weighted by Crippen LogP contribution is 2.44. The molecule has 96 valence electrons. The minimum atomic E-state index is 0.292. The molecule has 1 aromatic carbocycles. The van der Waals surface area contributed by atoms with Crippen molar-refractivity contribution in [3.8, 4) is 11.8 Å². The van der Waals surface area contributed by atoms with Gasteiger partial charge in [-0.3, -0.25) is 0 Å². The molecule has 1 saturated carbocycles. The van der Waals surface area contributed by atoms with E-state index in [0.29, 0.717) is 11.5 Å². The summed E-state index contributed by atoms with van der Waals surface area (Å²) in [5.41, 5.74) is 1.78. The van der Waals surface area contributed by atoms with E-state index in [1.54, 1.807) is 0 Å². The molecule has 1 N–H and O–H groups in total. The molecular formula is C17H23N. The predicted octanol–water partition coefficient (Wildman–Crippen LogP) is 3.50. The van der Waals surface area contributed by atoms with Crippen LogP contribution in [0.4, 0.5) is 0 Å². The molecule has 1 atom stereocenters. The highest BCUT2D eigenvalue weighted by atomic mass is 14.9. The Kier molecular flexibility index (Phi) is 4.44. The Morgan fingerprint density at radius 2 is 1.89 bits per heavy atom. The van der Waals surface area contributed by atoms with Crippen LogP contribution >= 0.6 is 0 Å². The third kappa shape index (κ3) is 2.44. The van der Waals surface area contributed by atoms with Crippen molar-refractivity contribution in [1.82, 2.24) is 5.32 Å². The fourth-order valence-electron chi connectivity index (χ4n) is 3.39. The van der Waals surface area contributed by atoms with E-state index in [0.717, 1.165) is 6.42 Å². The van der Waals surface area contributed by atoms with Gasteiger partial charge >= 0.3 is 0 Å². The zero-order valence-electron chi connectivity index (χ0n) is 11.5. The van der Waals surface area contributed by atoms with E-state index in [-0.39, 0.29) is 0 Å². The van der Waals surface area contributed by atoms with Crippen molar-refractivity contribution in [1.29, 1.82) is 0 Å². The average molecular weight is 241 g/mol. The quantitative estimate of drug-likeness (QED) is 0.796.